The zero-order valence-corrected chi connectivity index (χ0v) is 11.8. The van der Waals surface area contributed by atoms with Crippen molar-refractivity contribution < 1.29 is 9.53 Å². The molecule has 0 spiro atoms. The zero-order chi connectivity index (χ0) is 13.0. The van der Waals surface area contributed by atoms with Crippen LogP contribution in [-0.4, -0.2) is 31.6 Å². The topological polar surface area (TPSA) is 38.3 Å². The summed E-state index contributed by atoms with van der Waals surface area (Å²) in [4.78, 5) is 12.7. The summed E-state index contributed by atoms with van der Waals surface area (Å²) >= 11 is 0. The van der Waals surface area contributed by atoms with Crippen molar-refractivity contribution in [1.82, 2.24) is 5.32 Å². The largest absolute Gasteiger partial charge is 0.379 e. The molecule has 0 aromatic rings. The lowest BCUT2D eigenvalue weighted by Crippen LogP contribution is -2.43. The van der Waals surface area contributed by atoms with Crippen molar-refractivity contribution in [2.24, 2.45) is 17.8 Å². The molecule has 0 radical (unpaired) electrons. The summed E-state index contributed by atoms with van der Waals surface area (Å²) in [5.74, 6) is 1.50. The third-order valence-corrected chi connectivity index (χ3v) is 4.71. The van der Waals surface area contributed by atoms with Gasteiger partial charge in [-0.1, -0.05) is 33.1 Å². The smallest absolute Gasteiger partial charge is 0.143 e. The van der Waals surface area contributed by atoms with Crippen LogP contribution in [0.1, 0.15) is 46.0 Å². The number of carbonyl (C=O) groups excluding carboxylic acids is 1. The van der Waals surface area contributed by atoms with E-state index in [0.29, 0.717) is 30.8 Å². The number of hydrogen-bond donors (Lipinski definition) is 1. The molecule has 1 aliphatic heterocycles. The molecular formula is C15H27NO2. The van der Waals surface area contributed by atoms with Gasteiger partial charge in [-0.3, -0.25) is 4.79 Å². The van der Waals surface area contributed by atoms with Gasteiger partial charge in [0.05, 0.1) is 19.1 Å². The van der Waals surface area contributed by atoms with E-state index >= 15 is 0 Å². The van der Waals surface area contributed by atoms with Gasteiger partial charge in [0, 0.05) is 12.0 Å². The van der Waals surface area contributed by atoms with Gasteiger partial charge in [-0.2, -0.15) is 0 Å². The second kappa shape index (κ2) is 6.67. The van der Waals surface area contributed by atoms with Crippen molar-refractivity contribution >= 4 is 5.78 Å². The fourth-order valence-corrected chi connectivity index (χ4v) is 3.64. The van der Waals surface area contributed by atoms with E-state index in [0.717, 1.165) is 19.4 Å². The first kappa shape index (κ1) is 14.0. The van der Waals surface area contributed by atoms with Crippen LogP contribution in [0.5, 0.6) is 0 Å². The predicted molar refractivity (Wildman–Crippen MR) is 72.5 cm³/mol. The predicted octanol–water partition coefficient (Wildman–Crippen LogP) is 2.40. The highest BCUT2D eigenvalue weighted by molar-refractivity contribution is 5.85. The Hall–Kier alpha value is -0.410. The lowest BCUT2D eigenvalue weighted by Gasteiger charge is -2.32. The highest BCUT2D eigenvalue weighted by Crippen LogP contribution is 2.35. The number of ketones is 1. The fourth-order valence-electron chi connectivity index (χ4n) is 3.64. The van der Waals surface area contributed by atoms with Gasteiger partial charge in [-0.05, 0) is 25.3 Å². The normalized spacial score (nSPS) is 36.8. The summed E-state index contributed by atoms with van der Waals surface area (Å²) in [5.41, 5.74) is 0. The molecule has 1 heterocycles. The Balaban J connectivity index is 2.00. The highest BCUT2D eigenvalue weighted by Gasteiger charge is 2.39. The van der Waals surface area contributed by atoms with Crippen molar-refractivity contribution in [2.45, 2.75) is 52.0 Å². The Morgan fingerprint density at radius 3 is 2.67 bits per heavy atom. The number of hydrogen-bond acceptors (Lipinski definition) is 3. The Morgan fingerprint density at radius 2 is 1.94 bits per heavy atom. The van der Waals surface area contributed by atoms with Crippen molar-refractivity contribution in [2.75, 3.05) is 19.8 Å². The van der Waals surface area contributed by atoms with Crippen LogP contribution in [0.15, 0.2) is 0 Å². The first-order chi connectivity index (χ1) is 8.77. The average molecular weight is 253 g/mol. The molecule has 0 aromatic carbocycles. The van der Waals surface area contributed by atoms with E-state index in [1.54, 1.807) is 0 Å². The molecule has 104 valence electrons. The van der Waals surface area contributed by atoms with Crippen molar-refractivity contribution in [1.29, 1.82) is 0 Å². The van der Waals surface area contributed by atoms with E-state index in [9.17, 15) is 4.79 Å². The first-order valence-electron chi connectivity index (χ1n) is 7.62. The maximum Gasteiger partial charge on any atom is 0.143 e. The summed E-state index contributed by atoms with van der Waals surface area (Å²) in [6, 6.07) is 0.252. The Labute approximate surface area is 111 Å². The Kier molecular flexibility index (Phi) is 5.19. The van der Waals surface area contributed by atoms with Gasteiger partial charge in [0.25, 0.3) is 0 Å². The molecule has 2 fully saturated rings. The number of likely N-dealkylation sites (N-methyl/N-ethyl adjacent to an activating group) is 1. The van der Waals surface area contributed by atoms with Gasteiger partial charge < -0.3 is 10.1 Å². The molecule has 1 saturated heterocycles. The quantitative estimate of drug-likeness (QED) is 0.817. The lowest BCUT2D eigenvalue weighted by atomic mass is 9.72. The van der Waals surface area contributed by atoms with Crippen LogP contribution in [0.4, 0.5) is 0 Å². The molecule has 18 heavy (non-hydrogen) atoms. The Morgan fingerprint density at radius 1 is 1.17 bits per heavy atom. The summed E-state index contributed by atoms with van der Waals surface area (Å²) in [6.45, 7) is 6.56. The van der Waals surface area contributed by atoms with Crippen molar-refractivity contribution in [3.63, 3.8) is 0 Å². The minimum Gasteiger partial charge on any atom is -0.379 e. The third kappa shape index (κ3) is 2.94. The molecule has 1 saturated carbocycles. The molecule has 1 aliphatic carbocycles. The molecule has 0 aromatic heterocycles. The third-order valence-electron chi connectivity index (χ3n) is 4.71. The number of ether oxygens (including phenoxy) is 1. The van der Waals surface area contributed by atoms with E-state index in [2.05, 4.69) is 19.2 Å². The molecule has 0 amide bonds. The number of rotatable bonds is 5. The minimum atomic E-state index is 0.0992. The highest BCUT2D eigenvalue weighted by atomic mass is 16.5. The van der Waals surface area contributed by atoms with Crippen LogP contribution < -0.4 is 5.32 Å². The first-order valence-corrected chi connectivity index (χ1v) is 7.62. The van der Waals surface area contributed by atoms with Gasteiger partial charge >= 0.3 is 0 Å². The van der Waals surface area contributed by atoms with E-state index in [1.807, 2.05) is 0 Å². The molecule has 1 N–H and O–H groups in total. The lowest BCUT2D eigenvalue weighted by molar-refractivity contribution is -0.130. The molecule has 2 rings (SSSR count). The number of carbonyl (C=O) groups is 1. The minimum absolute atomic E-state index is 0.0992. The van der Waals surface area contributed by atoms with Crippen LogP contribution in [-0.2, 0) is 9.53 Å². The van der Waals surface area contributed by atoms with Crippen LogP contribution in [0.25, 0.3) is 0 Å². The fraction of sp³-hybridized carbons (Fsp3) is 0.933. The van der Waals surface area contributed by atoms with Gasteiger partial charge in [0.1, 0.15) is 5.78 Å². The molecule has 4 atom stereocenters. The average Bonchev–Trinajstić information content (AvgIpc) is 2.86. The maximum absolute atomic E-state index is 12.7. The van der Waals surface area contributed by atoms with E-state index in [4.69, 9.17) is 4.74 Å². The standard InChI is InChI=1S/C15H27NO2/c1-3-11-7-5-6-8-12(11)15(17)13-9-18-10-14(13)16-4-2/h11-14,16H,3-10H2,1-2H3. The number of nitrogens with one attached hydrogen (secondary N) is 1. The second-order valence-corrected chi connectivity index (χ2v) is 5.77. The molecule has 0 bridgehead atoms. The summed E-state index contributed by atoms with van der Waals surface area (Å²) in [7, 11) is 0. The van der Waals surface area contributed by atoms with E-state index < -0.39 is 0 Å². The van der Waals surface area contributed by atoms with Gasteiger partial charge in [-0.25, -0.2) is 0 Å². The van der Waals surface area contributed by atoms with Crippen LogP contribution >= 0.6 is 0 Å². The summed E-state index contributed by atoms with van der Waals surface area (Å²) in [6.07, 6.45) is 6.03. The summed E-state index contributed by atoms with van der Waals surface area (Å²) in [5, 5.41) is 3.40. The van der Waals surface area contributed by atoms with Crippen molar-refractivity contribution in [3.05, 3.63) is 0 Å². The monoisotopic (exact) mass is 253 g/mol. The SMILES string of the molecule is CCNC1COCC1C(=O)C1CCCCC1CC. The molecular weight excluding hydrogens is 226 g/mol. The molecule has 3 nitrogen and oxygen atoms in total. The van der Waals surface area contributed by atoms with Gasteiger partial charge in [0.2, 0.25) is 0 Å². The van der Waals surface area contributed by atoms with Crippen molar-refractivity contribution in [3.8, 4) is 0 Å². The van der Waals surface area contributed by atoms with E-state index in [1.165, 1.54) is 19.3 Å². The number of Topliss-reactive ketones (excluding diaryl/α,β-unsaturated/α-hetero) is 1. The van der Waals surface area contributed by atoms with Crippen LogP contribution in [0, 0.1) is 17.8 Å². The molecule has 4 unspecified atom stereocenters. The maximum atomic E-state index is 12.7. The molecule has 2 aliphatic rings. The van der Waals surface area contributed by atoms with Crippen LogP contribution in [0.3, 0.4) is 0 Å². The Bertz CT molecular complexity index is 280. The van der Waals surface area contributed by atoms with Gasteiger partial charge in [0.15, 0.2) is 0 Å². The summed E-state index contributed by atoms with van der Waals surface area (Å²) < 4.78 is 5.52. The van der Waals surface area contributed by atoms with Gasteiger partial charge in [-0.15, -0.1) is 0 Å². The van der Waals surface area contributed by atoms with Crippen LogP contribution in [0.2, 0.25) is 0 Å². The zero-order valence-electron chi connectivity index (χ0n) is 11.8. The second-order valence-electron chi connectivity index (χ2n) is 5.77. The van der Waals surface area contributed by atoms with E-state index in [-0.39, 0.29) is 12.0 Å². The molecule has 3 heteroatoms.